The summed E-state index contributed by atoms with van der Waals surface area (Å²) in [6.07, 6.45) is 1.82. The van der Waals surface area contributed by atoms with Crippen molar-refractivity contribution < 1.29 is 4.42 Å². The second kappa shape index (κ2) is 4.23. The molecule has 2 N–H and O–H groups in total. The molecule has 3 nitrogen and oxygen atoms in total. The van der Waals surface area contributed by atoms with Crippen LogP contribution in [0.4, 0.5) is 0 Å². The molecule has 4 heteroatoms. The molecule has 0 spiro atoms. The molecule has 3 aromatic rings. The summed E-state index contributed by atoms with van der Waals surface area (Å²) in [4.78, 5) is 5.26. The number of hydrogen-bond acceptors (Lipinski definition) is 4. The number of nitrogens with zero attached hydrogens (tertiary/aromatic N) is 1. The fraction of sp³-hybridized carbons (Fsp3) is 0.214. The Morgan fingerprint density at radius 3 is 2.83 bits per heavy atom. The van der Waals surface area contributed by atoms with Crippen LogP contribution in [0.1, 0.15) is 27.3 Å². The average molecular weight is 258 g/mol. The van der Waals surface area contributed by atoms with Crippen LogP contribution < -0.4 is 5.73 Å². The lowest BCUT2D eigenvalue weighted by Gasteiger charge is -2.04. The zero-order valence-electron chi connectivity index (χ0n) is 10.3. The predicted molar refractivity (Wildman–Crippen MR) is 73.8 cm³/mol. The number of fused-ring (bicyclic) bond motifs is 1. The predicted octanol–water partition coefficient (Wildman–Crippen LogP) is 3.55. The van der Waals surface area contributed by atoms with E-state index in [-0.39, 0.29) is 6.04 Å². The summed E-state index contributed by atoms with van der Waals surface area (Å²) < 4.78 is 5.88. The lowest BCUT2D eigenvalue weighted by atomic mass is 10.1. The highest BCUT2D eigenvalue weighted by molar-refractivity contribution is 7.11. The van der Waals surface area contributed by atoms with Crippen molar-refractivity contribution in [2.24, 2.45) is 5.73 Å². The van der Waals surface area contributed by atoms with Gasteiger partial charge in [0.2, 0.25) is 0 Å². The van der Waals surface area contributed by atoms with Crippen molar-refractivity contribution >= 4 is 22.3 Å². The molecule has 3 rings (SSSR count). The molecule has 0 amide bonds. The van der Waals surface area contributed by atoms with Crippen LogP contribution in [0, 0.1) is 13.8 Å². The number of benzene rings is 1. The molecule has 0 saturated heterocycles. The quantitative estimate of drug-likeness (QED) is 0.764. The summed E-state index contributed by atoms with van der Waals surface area (Å²) in [5.74, 6) is 0.794. The molecule has 1 aromatic carbocycles. The van der Waals surface area contributed by atoms with Crippen molar-refractivity contribution in [1.82, 2.24) is 4.98 Å². The van der Waals surface area contributed by atoms with Crippen molar-refractivity contribution in [1.29, 1.82) is 0 Å². The third kappa shape index (κ3) is 1.83. The number of thiazole rings is 1. The third-order valence-electron chi connectivity index (χ3n) is 3.01. The van der Waals surface area contributed by atoms with Crippen molar-refractivity contribution in [2.75, 3.05) is 0 Å². The Labute approximate surface area is 109 Å². The van der Waals surface area contributed by atoms with E-state index < -0.39 is 0 Å². The molecule has 1 atom stereocenters. The maximum absolute atomic E-state index is 6.22. The number of rotatable bonds is 2. The fourth-order valence-corrected chi connectivity index (χ4v) is 2.84. The maximum Gasteiger partial charge on any atom is 0.137 e. The minimum atomic E-state index is -0.233. The summed E-state index contributed by atoms with van der Waals surface area (Å²) >= 11 is 1.61. The number of nitrogens with two attached hydrogens (primary N) is 1. The van der Waals surface area contributed by atoms with Crippen LogP contribution in [0.3, 0.4) is 0 Å². The van der Waals surface area contributed by atoms with E-state index in [1.165, 1.54) is 0 Å². The smallest absolute Gasteiger partial charge is 0.137 e. The van der Waals surface area contributed by atoms with Gasteiger partial charge in [0, 0.05) is 16.5 Å². The van der Waals surface area contributed by atoms with Crippen LogP contribution in [-0.2, 0) is 0 Å². The number of hydrogen-bond donors (Lipinski definition) is 1. The van der Waals surface area contributed by atoms with Crippen molar-refractivity contribution in [3.05, 3.63) is 51.7 Å². The molecular formula is C14H14N2OS. The van der Waals surface area contributed by atoms with Gasteiger partial charge >= 0.3 is 0 Å². The first-order valence-electron chi connectivity index (χ1n) is 5.82. The van der Waals surface area contributed by atoms with E-state index in [0.29, 0.717) is 0 Å². The van der Waals surface area contributed by atoms with Crippen molar-refractivity contribution in [2.45, 2.75) is 19.9 Å². The molecular weight excluding hydrogens is 244 g/mol. The van der Waals surface area contributed by atoms with E-state index >= 15 is 0 Å². The molecule has 1 unspecified atom stereocenters. The Bertz CT molecular complexity index is 699. The van der Waals surface area contributed by atoms with E-state index in [0.717, 1.165) is 32.2 Å². The average Bonchev–Trinajstić information content (AvgIpc) is 2.95. The molecule has 0 aliphatic heterocycles. The van der Waals surface area contributed by atoms with Gasteiger partial charge in [-0.25, -0.2) is 4.98 Å². The van der Waals surface area contributed by atoms with E-state index in [2.05, 4.69) is 4.98 Å². The highest BCUT2D eigenvalue weighted by Crippen LogP contribution is 2.30. The monoisotopic (exact) mass is 258 g/mol. The number of para-hydroxylation sites is 1. The SMILES string of the molecule is Cc1ncc(C(N)c2cc3cccc(C)c3o2)s1. The van der Waals surface area contributed by atoms with E-state index in [1.54, 1.807) is 11.3 Å². The van der Waals surface area contributed by atoms with Gasteiger partial charge in [-0.05, 0) is 25.5 Å². The first kappa shape index (κ1) is 11.4. The molecule has 0 aliphatic carbocycles. The summed E-state index contributed by atoms with van der Waals surface area (Å²) in [5.41, 5.74) is 8.27. The standard InChI is InChI=1S/C14H14N2OS/c1-8-4-3-5-10-6-11(17-14(8)10)13(15)12-7-16-9(2)18-12/h3-7,13H,15H2,1-2H3. The largest absolute Gasteiger partial charge is 0.459 e. The topological polar surface area (TPSA) is 52.0 Å². The van der Waals surface area contributed by atoms with Crippen LogP contribution in [0.5, 0.6) is 0 Å². The van der Waals surface area contributed by atoms with Crippen LogP contribution in [0.25, 0.3) is 11.0 Å². The zero-order valence-corrected chi connectivity index (χ0v) is 11.1. The summed E-state index contributed by atoms with van der Waals surface area (Å²) in [7, 11) is 0. The molecule has 2 heterocycles. The Hall–Kier alpha value is -1.65. The third-order valence-corrected chi connectivity index (χ3v) is 4.01. The molecule has 0 aliphatic rings. The first-order chi connectivity index (χ1) is 8.65. The van der Waals surface area contributed by atoms with Crippen LogP contribution in [0.15, 0.2) is 34.9 Å². The van der Waals surface area contributed by atoms with Crippen molar-refractivity contribution in [3.8, 4) is 0 Å². The molecule has 0 bridgehead atoms. The Kier molecular flexibility index (Phi) is 2.69. The molecule has 0 saturated carbocycles. The van der Waals surface area contributed by atoms with E-state index in [9.17, 15) is 0 Å². The molecule has 92 valence electrons. The summed E-state index contributed by atoms with van der Waals surface area (Å²) in [5, 5.41) is 2.12. The van der Waals surface area contributed by atoms with Gasteiger partial charge < -0.3 is 10.2 Å². The molecule has 0 fully saturated rings. The second-order valence-corrected chi connectivity index (χ2v) is 5.67. The minimum Gasteiger partial charge on any atom is -0.459 e. The maximum atomic E-state index is 6.22. The Morgan fingerprint density at radius 2 is 2.17 bits per heavy atom. The van der Waals surface area contributed by atoms with Gasteiger partial charge in [0.15, 0.2) is 0 Å². The Balaban J connectivity index is 2.06. The summed E-state index contributed by atoms with van der Waals surface area (Å²) in [6, 6.07) is 7.89. The van der Waals surface area contributed by atoms with Gasteiger partial charge in [-0.2, -0.15) is 0 Å². The van der Waals surface area contributed by atoms with Crippen LogP contribution in [0.2, 0.25) is 0 Å². The Morgan fingerprint density at radius 1 is 1.33 bits per heavy atom. The van der Waals surface area contributed by atoms with Gasteiger partial charge in [0.1, 0.15) is 11.3 Å². The van der Waals surface area contributed by atoms with Crippen LogP contribution >= 0.6 is 11.3 Å². The number of furan rings is 1. The van der Waals surface area contributed by atoms with Gasteiger partial charge in [-0.1, -0.05) is 18.2 Å². The number of aryl methyl sites for hydroxylation is 2. The second-order valence-electron chi connectivity index (χ2n) is 4.40. The highest BCUT2D eigenvalue weighted by Gasteiger charge is 2.16. The van der Waals surface area contributed by atoms with Gasteiger partial charge in [0.05, 0.1) is 11.0 Å². The van der Waals surface area contributed by atoms with Crippen LogP contribution in [-0.4, -0.2) is 4.98 Å². The van der Waals surface area contributed by atoms with Gasteiger partial charge in [-0.15, -0.1) is 11.3 Å². The normalized spacial score (nSPS) is 13.1. The molecule has 2 aromatic heterocycles. The van der Waals surface area contributed by atoms with Gasteiger partial charge in [0.25, 0.3) is 0 Å². The highest BCUT2D eigenvalue weighted by atomic mass is 32.1. The molecule has 0 radical (unpaired) electrons. The summed E-state index contributed by atoms with van der Waals surface area (Å²) in [6.45, 7) is 4.02. The number of aromatic nitrogens is 1. The van der Waals surface area contributed by atoms with Crippen molar-refractivity contribution in [3.63, 3.8) is 0 Å². The van der Waals surface area contributed by atoms with E-state index in [4.69, 9.17) is 10.2 Å². The fourth-order valence-electron chi connectivity index (χ4n) is 2.04. The zero-order chi connectivity index (χ0) is 12.7. The minimum absolute atomic E-state index is 0.233. The lowest BCUT2D eigenvalue weighted by Crippen LogP contribution is -2.08. The first-order valence-corrected chi connectivity index (χ1v) is 6.64. The van der Waals surface area contributed by atoms with E-state index in [1.807, 2.05) is 44.3 Å². The lowest BCUT2D eigenvalue weighted by molar-refractivity contribution is 0.526. The molecule has 18 heavy (non-hydrogen) atoms. The van der Waals surface area contributed by atoms with Gasteiger partial charge in [-0.3, -0.25) is 0 Å².